The molecular weight excluding hydrogens is 530 g/mol. The summed E-state index contributed by atoms with van der Waals surface area (Å²) in [6.45, 7) is 4.51. The first kappa shape index (κ1) is 28.5. The standard InChI is InChI=1S/C31H35N9O2/c1-19(33)25(18-32)23-8-9-28-26(16-23)37-30(42-28)24-10-13-36-27(17-24)31(41)39-14-11-22(12-15-39)29(40(35)38-20(2)34)21-6-4-3-5-7-21/h3-10,13,16-18,22,29,33H,11-12,14-15,32,35H2,1-2H3,(H2,34,38)/b25-18+,33-19?. The van der Waals surface area contributed by atoms with Crippen LogP contribution < -0.4 is 17.3 Å². The molecule has 1 atom stereocenters. The third kappa shape index (κ3) is 6.01. The van der Waals surface area contributed by atoms with Gasteiger partial charge in [0.1, 0.15) is 17.0 Å². The highest BCUT2D eigenvalue weighted by molar-refractivity contribution is 6.21. The molecule has 1 amide bonds. The second kappa shape index (κ2) is 12.2. The summed E-state index contributed by atoms with van der Waals surface area (Å²) in [5, 5.41) is 13.7. The van der Waals surface area contributed by atoms with Crippen molar-refractivity contribution in [3.63, 3.8) is 0 Å². The van der Waals surface area contributed by atoms with Gasteiger partial charge in [-0.1, -0.05) is 36.4 Å². The zero-order valence-electron chi connectivity index (χ0n) is 23.7. The molecular formula is C31H35N9O2. The van der Waals surface area contributed by atoms with E-state index in [1.165, 1.54) is 11.3 Å². The van der Waals surface area contributed by atoms with Crippen molar-refractivity contribution in [1.82, 2.24) is 20.0 Å². The number of piperidine rings is 1. The minimum Gasteiger partial charge on any atom is -0.436 e. The Hall–Kier alpha value is -5.03. The number of fused-ring (bicyclic) bond motifs is 1. The Bertz CT molecular complexity index is 1650. The van der Waals surface area contributed by atoms with Crippen LogP contribution in [0.4, 0.5) is 0 Å². The first-order valence-electron chi connectivity index (χ1n) is 13.8. The predicted molar refractivity (Wildman–Crippen MR) is 164 cm³/mol. The van der Waals surface area contributed by atoms with Crippen LogP contribution in [-0.2, 0) is 0 Å². The Labute approximate surface area is 244 Å². The summed E-state index contributed by atoms with van der Waals surface area (Å²) in [7, 11) is 0. The first-order valence-corrected chi connectivity index (χ1v) is 13.8. The van der Waals surface area contributed by atoms with E-state index in [-0.39, 0.29) is 17.9 Å². The average Bonchev–Trinajstić information content (AvgIpc) is 3.42. The number of pyridine rings is 1. The molecule has 1 aliphatic heterocycles. The van der Waals surface area contributed by atoms with Crippen molar-refractivity contribution in [2.45, 2.75) is 32.7 Å². The van der Waals surface area contributed by atoms with Gasteiger partial charge >= 0.3 is 0 Å². The molecule has 7 N–H and O–H groups in total. The lowest BCUT2D eigenvalue weighted by molar-refractivity contribution is 0.0575. The monoisotopic (exact) mass is 565 g/mol. The minimum atomic E-state index is -0.164. The van der Waals surface area contributed by atoms with Gasteiger partial charge in [-0.15, -0.1) is 5.10 Å². The van der Waals surface area contributed by atoms with Crippen molar-refractivity contribution in [3.8, 4) is 11.5 Å². The molecule has 216 valence electrons. The number of allylic oxidation sites excluding steroid dienone is 1. The second-order valence-corrected chi connectivity index (χ2v) is 10.4. The van der Waals surface area contributed by atoms with Crippen LogP contribution in [0.15, 0.2) is 82.6 Å². The van der Waals surface area contributed by atoms with Gasteiger partial charge in [0.05, 0.1) is 6.04 Å². The van der Waals surface area contributed by atoms with Crippen molar-refractivity contribution in [3.05, 3.63) is 89.9 Å². The topological polar surface area (TPSA) is 177 Å². The van der Waals surface area contributed by atoms with Crippen molar-refractivity contribution >= 4 is 34.1 Å². The number of amides is 1. The molecule has 5 rings (SSSR count). The number of likely N-dealkylation sites (tertiary alicyclic amines) is 1. The van der Waals surface area contributed by atoms with Crippen molar-refractivity contribution in [1.29, 1.82) is 5.41 Å². The molecule has 2 aromatic heterocycles. The highest BCUT2D eigenvalue weighted by Crippen LogP contribution is 2.35. The molecule has 0 saturated carbocycles. The van der Waals surface area contributed by atoms with Gasteiger partial charge < -0.3 is 26.2 Å². The summed E-state index contributed by atoms with van der Waals surface area (Å²) in [6, 6.07) is 18.8. The van der Waals surface area contributed by atoms with Gasteiger partial charge in [0, 0.05) is 42.3 Å². The Morgan fingerprint density at radius 3 is 2.55 bits per heavy atom. The number of carbonyl (C=O) groups excluding carboxylic acids is 1. The van der Waals surface area contributed by atoms with E-state index < -0.39 is 0 Å². The Kier molecular flexibility index (Phi) is 8.30. The molecule has 4 aromatic rings. The molecule has 42 heavy (non-hydrogen) atoms. The van der Waals surface area contributed by atoms with Gasteiger partial charge in [-0.3, -0.25) is 9.78 Å². The zero-order valence-corrected chi connectivity index (χ0v) is 23.7. The van der Waals surface area contributed by atoms with Crippen molar-refractivity contribution in [2.24, 2.45) is 28.3 Å². The van der Waals surface area contributed by atoms with Gasteiger partial charge in [0.25, 0.3) is 5.91 Å². The smallest absolute Gasteiger partial charge is 0.272 e. The van der Waals surface area contributed by atoms with Crippen LogP contribution in [0.25, 0.3) is 28.1 Å². The number of hydrazine groups is 1. The number of nitrogens with zero attached hydrogens (tertiary/aromatic N) is 5. The SMILES string of the molecule is CC(=N)/C(=C\N)c1ccc2oc(-c3ccnc(C(=O)N4CCC(C(c5ccccc5)N(N)/N=C(/C)N)CC4)c3)nc2c1. The lowest BCUT2D eigenvalue weighted by atomic mass is 9.85. The molecule has 0 spiro atoms. The number of benzene rings is 2. The normalized spacial score (nSPS) is 15.5. The molecule has 0 aliphatic carbocycles. The third-order valence-electron chi connectivity index (χ3n) is 7.47. The van der Waals surface area contributed by atoms with E-state index in [0.29, 0.717) is 58.5 Å². The molecule has 1 aliphatic rings. The van der Waals surface area contributed by atoms with Gasteiger partial charge in [0.2, 0.25) is 5.89 Å². The number of hydrogen-bond acceptors (Lipinski definition) is 9. The second-order valence-electron chi connectivity index (χ2n) is 10.4. The van der Waals surface area contributed by atoms with Crippen molar-refractivity contribution in [2.75, 3.05) is 13.1 Å². The van der Waals surface area contributed by atoms with E-state index in [2.05, 4.69) is 15.1 Å². The molecule has 11 nitrogen and oxygen atoms in total. The molecule has 11 heteroatoms. The molecule has 0 bridgehead atoms. The lowest BCUT2D eigenvalue weighted by Gasteiger charge is -2.38. The number of nitrogens with one attached hydrogen (secondary N) is 1. The fourth-order valence-electron chi connectivity index (χ4n) is 5.45. The summed E-state index contributed by atoms with van der Waals surface area (Å²) < 4.78 is 5.99. The van der Waals surface area contributed by atoms with Gasteiger partial charge in [0.15, 0.2) is 5.58 Å². The Balaban J connectivity index is 1.32. The zero-order chi connectivity index (χ0) is 29.8. The summed E-state index contributed by atoms with van der Waals surface area (Å²) in [5.41, 5.74) is 16.6. The van der Waals surface area contributed by atoms with Gasteiger partial charge in [-0.25, -0.2) is 15.9 Å². The highest BCUT2D eigenvalue weighted by atomic mass is 16.3. The predicted octanol–water partition coefficient (Wildman–Crippen LogP) is 4.29. The van der Waals surface area contributed by atoms with Crippen LogP contribution in [0.5, 0.6) is 0 Å². The molecule has 3 heterocycles. The van der Waals surface area contributed by atoms with E-state index >= 15 is 0 Å². The maximum absolute atomic E-state index is 13.5. The van der Waals surface area contributed by atoms with Crippen LogP contribution in [0.1, 0.15) is 54.3 Å². The number of hydrazone groups is 1. The fourth-order valence-corrected chi connectivity index (χ4v) is 5.45. The van der Waals surface area contributed by atoms with Gasteiger partial charge in [-0.2, -0.15) is 0 Å². The van der Waals surface area contributed by atoms with Crippen LogP contribution in [0.2, 0.25) is 0 Å². The lowest BCUT2D eigenvalue weighted by Crippen LogP contribution is -2.44. The molecule has 1 unspecified atom stereocenters. The van der Waals surface area contributed by atoms with E-state index in [0.717, 1.165) is 24.0 Å². The van der Waals surface area contributed by atoms with Crippen LogP contribution in [0, 0.1) is 11.3 Å². The molecule has 0 radical (unpaired) electrons. The Morgan fingerprint density at radius 2 is 1.88 bits per heavy atom. The molecule has 1 fully saturated rings. The van der Waals surface area contributed by atoms with Crippen molar-refractivity contribution < 1.29 is 9.21 Å². The number of rotatable bonds is 8. The molecule has 2 aromatic carbocycles. The minimum absolute atomic E-state index is 0.149. The maximum atomic E-state index is 13.5. The van der Waals surface area contributed by atoms with E-state index in [4.69, 9.17) is 27.1 Å². The van der Waals surface area contributed by atoms with Crippen LogP contribution in [0.3, 0.4) is 0 Å². The fraction of sp³-hybridized carbons (Fsp3) is 0.258. The van der Waals surface area contributed by atoms with E-state index in [1.807, 2.05) is 47.4 Å². The number of hydrogen-bond donors (Lipinski definition) is 4. The molecule has 1 saturated heterocycles. The summed E-state index contributed by atoms with van der Waals surface area (Å²) in [6.07, 6.45) is 4.50. The summed E-state index contributed by atoms with van der Waals surface area (Å²) in [5.74, 6) is 7.15. The first-order chi connectivity index (χ1) is 20.2. The van der Waals surface area contributed by atoms with Crippen LogP contribution >= 0.6 is 0 Å². The number of oxazole rings is 1. The average molecular weight is 566 g/mol. The quantitative estimate of drug-likeness (QED) is 0.106. The third-order valence-corrected chi connectivity index (χ3v) is 7.47. The highest BCUT2D eigenvalue weighted by Gasteiger charge is 2.33. The summed E-state index contributed by atoms with van der Waals surface area (Å²) >= 11 is 0. The maximum Gasteiger partial charge on any atom is 0.272 e. The number of amidine groups is 1. The number of carbonyl (C=O) groups is 1. The van der Waals surface area contributed by atoms with Crippen LogP contribution in [-0.4, -0.2) is 50.5 Å². The number of nitrogens with two attached hydrogens (primary N) is 3. The van der Waals surface area contributed by atoms with E-state index in [1.54, 1.807) is 38.2 Å². The van der Waals surface area contributed by atoms with E-state index in [9.17, 15) is 4.79 Å². The summed E-state index contributed by atoms with van der Waals surface area (Å²) in [4.78, 5) is 24.3. The largest absolute Gasteiger partial charge is 0.436 e. The van der Waals surface area contributed by atoms with Gasteiger partial charge in [-0.05, 0) is 68.0 Å². The number of aromatic nitrogens is 2. The Morgan fingerprint density at radius 1 is 1.14 bits per heavy atom.